The van der Waals surface area contributed by atoms with Gasteiger partial charge < -0.3 is 4.90 Å². The molecule has 0 aromatic carbocycles. The molecule has 1 atom stereocenters. The third-order valence-electron chi connectivity index (χ3n) is 3.12. The summed E-state index contributed by atoms with van der Waals surface area (Å²) < 4.78 is 108. The van der Waals surface area contributed by atoms with Gasteiger partial charge in [0.1, 0.15) is 0 Å². The summed E-state index contributed by atoms with van der Waals surface area (Å²) in [6.07, 6.45) is 5.59. The lowest BCUT2D eigenvalue weighted by Gasteiger charge is -2.17. The summed E-state index contributed by atoms with van der Waals surface area (Å²) in [5.74, 6) is 0. The fraction of sp³-hybridized carbons (Fsp3) is 1.00. The van der Waals surface area contributed by atoms with Gasteiger partial charge in [0.2, 0.25) is 0 Å². The van der Waals surface area contributed by atoms with E-state index in [2.05, 4.69) is 18.9 Å². The van der Waals surface area contributed by atoms with Gasteiger partial charge in [-0.15, -0.1) is 0 Å². The van der Waals surface area contributed by atoms with Gasteiger partial charge in [0.15, 0.2) is 0 Å². The molecule has 24 heavy (non-hydrogen) atoms. The molecule has 1 N–H and O–H groups in total. The first-order valence-electron chi connectivity index (χ1n) is 6.66. The maximum Gasteiger partial charge on any atom is 0.512 e. The van der Waals surface area contributed by atoms with Crippen LogP contribution in [0.1, 0.15) is 32.6 Å². The normalized spacial score (nSPS) is 20.6. The molecule has 0 aliphatic carbocycles. The molecule has 0 bridgehead atoms. The van der Waals surface area contributed by atoms with Crippen LogP contribution in [0.5, 0.6) is 0 Å². The molecule has 1 aliphatic rings. The highest BCUT2D eigenvalue weighted by Crippen LogP contribution is 2.27. The summed E-state index contributed by atoms with van der Waals surface area (Å²) in [4.78, 5) is 2.49. The van der Waals surface area contributed by atoms with E-state index in [1.165, 1.54) is 32.2 Å². The van der Waals surface area contributed by atoms with Crippen LogP contribution in [-0.4, -0.2) is 52.4 Å². The van der Waals surface area contributed by atoms with Crippen molar-refractivity contribution < 1.29 is 43.2 Å². The standard InChI is InChI=1S/C8H17N.C2HF6NO4S2/c1-3-5-8-6-4-7-9(8)2;3-1(4,5)14(10,11)9-15(12,13)2(6,7)8/h8H,3-7H2,1-2H3;9H. The fourth-order valence-corrected chi connectivity index (χ4v) is 3.83. The van der Waals surface area contributed by atoms with Gasteiger partial charge in [0.25, 0.3) is 0 Å². The van der Waals surface area contributed by atoms with Gasteiger partial charge in [-0.2, -0.15) is 26.3 Å². The van der Waals surface area contributed by atoms with Crippen molar-refractivity contribution in [2.75, 3.05) is 13.6 Å². The zero-order chi connectivity index (χ0) is 19.4. The van der Waals surface area contributed by atoms with Crippen molar-refractivity contribution in [3.63, 3.8) is 0 Å². The molecule has 0 aromatic rings. The number of nitrogens with zero attached hydrogens (tertiary/aromatic N) is 1. The number of likely N-dealkylation sites (tertiary alicyclic amines) is 1. The van der Waals surface area contributed by atoms with E-state index in [-0.39, 0.29) is 0 Å². The third-order valence-corrected chi connectivity index (χ3v) is 6.10. The Balaban J connectivity index is 0.000000496. The largest absolute Gasteiger partial charge is 0.512 e. The van der Waals surface area contributed by atoms with E-state index in [9.17, 15) is 43.2 Å². The van der Waals surface area contributed by atoms with Crippen molar-refractivity contribution in [1.82, 2.24) is 9.03 Å². The molecule has 1 fully saturated rings. The fourth-order valence-electron chi connectivity index (χ4n) is 1.92. The molecule has 0 amide bonds. The van der Waals surface area contributed by atoms with E-state index in [4.69, 9.17) is 0 Å². The quantitative estimate of drug-likeness (QED) is 0.721. The minimum absolute atomic E-state index is 0.493. The molecule has 1 unspecified atom stereocenters. The number of sulfonamides is 2. The highest BCUT2D eigenvalue weighted by atomic mass is 32.3. The molecule has 0 aromatic heterocycles. The minimum atomic E-state index is -6.60. The van der Waals surface area contributed by atoms with Crippen LogP contribution in [0.2, 0.25) is 0 Å². The second-order valence-electron chi connectivity index (χ2n) is 5.05. The van der Waals surface area contributed by atoms with Crippen molar-refractivity contribution in [2.24, 2.45) is 0 Å². The van der Waals surface area contributed by atoms with Crippen molar-refractivity contribution in [2.45, 2.75) is 49.7 Å². The summed E-state index contributed by atoms with van der Waals surface area (Å²) in [5.41, 5.74) is -12.3. The van der Waals surface area contributed by atoms with Gasteiger partial charge in [-0.3, -0.25) is 0 Å². The molecule has 14 heteroatoms. The Labute approximate surface area is 136 Å². The summed E-state index contributed by atoms with van der Waals surface area (Å²) >= 11 is 0. The van der Waals surface area contributed by atoms with Crippen LogP contribution in [0.25, 0.3) is 0 Å². The lowest BCUT2D eigenvalue weighted by molar-refractivity contribution is -0.0476. The van der Waals surface area contributed by atoms with Gasteiger partial charge in [-0.05, 0) is 32.9 Å². The van der Waals surface area contributed by atoms with Gasteiger partial charge in [0, 0.05) is 6.04 Å². The van der Waals surface area contributed by atoms with Crippen LogP contribution in [0.3, 0.4) is 0 Å². The predicted octanol–water partition coefficient (Wildman–Crippen LogP) is 2.16. The Bertz CT molecular complexity index is 558. The number of hydrogen-bond acceptors (Lipinski definition) is 5. The van der Waals surface area contributed by atoms with Crippen LogP contribution in [0, 0.1) is 0 Å². The molecule has 1 rings (SSSR count). The van der Waals surface area contributed by atoms with Gasteiger partial charge in [0.05, 0.1) is 0 Å². The number of halogens is 6. The Kier molecular flexibility index (Phi) is 7.98. The number of rotatable bonds is 4. The average molecular weight is 408 g/mol. The minimum Gasteiger partial charge on any atom is -0.303 e. The maximum atomic E-state index is 11.5. The van der Waals surface area contributed by atoms with E-state index < -0.39 is 35.2 Å². The van der Waals surface area contributed by atoms with Crippen molar-refractivity contribution >= 4 is 20.0 Å². The molecule has 146 valence electrons. The lowest BCUT2D eigenvalue weighted by atomic mass is 10.1. The third kappa shape index (κ3) is 6.72. The molecule has 1 heterocycles. The van der Waals surface area contributed by atoms with E-state index in [1.54, 1.807) is 0 Å². The first kappa shape index (κ1) is 23.4. The maximum absolute atomic E-state index is 11.5. The molecule has 0 saturated carbocycles. The Morgan fingerprint density at radius 2 is 1.42 bits per heavy atom. The van der Waals surface area contributed by atoms with Gasteiger partial charge >= 0.3 is 31.1 Å². The molecule has 0 radical (unpaired) electrons. The Morgan fingerprint density at radius 3 is 1.67 bits per heavy atom. The number of alkyl halides is 6. The zero-order valence-corrected chi connectivity index (χ0v) is 14.4. The smallest absolute Gasteiger partial charge is 0.303 e. The SMILES string of the molecule is CCCC1CCCN1C.O=S(=O)(NS(=O)(=O)C(F)(F)F)C(F)(F)F. The van der Waals surface area contributed by atoms with E-state index >= 15 is 0 Å². The number of nitrogens with one attached hydrogen (secondary N) is 1. The molecule has 6 nitrogen and oxygen atoms in total. The molecular weight excluding hydrogens is 390 g/mol. The van der Waals surface area contributed by atoms with Crippen LogP contribution in [-0.2, 0) is 20.0 Å². The van der Waals surface area contributed by atoms with Crippen LogP contribution < -0.4 is 4.13 Å². The Hall–Kier alpha value is -0.600. The van der Waals surface area contributed by atoms with Crippen LogP contribution in [0.4, 0.5) is 26.3 Å². The first-order valence-corrected chi connectivity index (χ1v) is 9.63. The van der Waals surface area contributed by atoms with Crippen molar-refractivity contribution in [3.8, 4) is 0 Å². The highest BCUT2D eigenvalue weighted by molar-refractivity contribution is 8.05. The summed E-state index contributed by atoms with van der Waals surface area (Å²) in [6, 6.07) is 0.912. The average Bonchev–Trinajstić information content (AvgIpc) is 2.72. The second kappa shape index (κ2) is 8.19. The summed E-state index contributed by atoms with van der Waals surface area (Å²) in [5, 5.41) is 0. The topological polar surface area (TPSA) is 83.6 Å². The van der Waals surface area contributed by atoms with E-state index in [1.807, 2.05) is 0 Å². The molecule has 1 saturated heterocycles. The van der Waals surface area contributed by atoms with Crippen LogP contribution >= 0.6 is 0 Å². The lowest BCUT2D eigenvalue weighted by Crippen LogP contribution is -2.45. The van der Waals surface area contributed by atoms with Gasteiger partial charge in [-0.1, -0.05) is 17.5 Å². The second-order valence-corrected chi connectivity index (χ2v) is 8.65. The highest BCUT2D eigenvalue weighted by Gasteiger charge is 2.55. The van der Waals surface area contributed by atoms with E-state index in [0.29, 0.717) is 0 Å². The first-order chi connectivity index (χ1) is 10.5. The zero-order valence-electron chi connectivity index (χ0n) is 12.8. The summed E-state index contributed by atoms with van der Waals surface area (Å²) in [6.45, 7) is 3.59. The van der Waals surface area contributed by atoms with Crippen molar-refractivity contribution in [1.29, 1.82) is 0 Å². The molecular formula is C10H18F6N2O4S2. The molecule has 0 spiro atoms. The number of hydrogen-bond donors (Lipinski definition) is 1. The van der Waals surface area contributed by atoms with Crippen molar-refractivity contribution in [3.05, 3.63) is 0 Å². The van der Waals surface area contributed by atoms with Crippen LogP contribution in [0.15, 0.2) is 0 Å². The van der Waals surface area contributed by atoms with Gasteiger partial charge in [-0.25, -0.2) is 16.8 Å². The summed E-state index contributed by atoms with van der Waals surface area (Å²) in [7, 11) is -10.9. The van der Waals surface area contributed by atoms with E-state index in [0.717, 1.165) is 6.04 Å². The predicted molar refractivity (Wildman–Crippen MR) is 73.6 cm³/mol. The monoisotopic (exact) mass is 408 g/mol. The molecule has 1 aliphatic heterocycles. The Morgan fingerprint density at radius 1 is 1.00 bits per heavy atom.